The van der Waals surface area contributed by atoms with E-state index >= 15 is 0 Å². The van der Waals surface area contributed by atoms with Gasteiger partial charge in [0.1, 0.15) is 18.1 Å². The maximum absolute atomic E-state index is 11.9. The molecule has 0 aromatic carbocycles. The first-order valence-electron chi connectivity index (χ1n) is 6.69. The van der Waals surface area contributed by atoms with Crippen LogP contribution in [-0.4, -0.2) is 21.8 Å². The SMILES string of the molecule is Cc1cc(Br)cnc1NC(=O)CC(=O)Nc1ncc(Br)cc1C. The van der Waals surface area contributed by atoms with Crippen LogP contribution >= 0.6 is 31.9 Å². The summed E-state index contributed by atoms with van der Waals surface area (Å²) in [5.41, 5.74) is 1.61. The quantitative estimate of drug-likeness (QED) is 0.710. The fourth-order valence-corrected chi connectivity index (χ4v) is 2.73. The molecule has 2 heterocycles. The molecule has 2 rings (SSSR count). The van der Waals surface area contributed by atoms with E-state index in [0.717, 1.165) is 20.1 Å². The molecule has 0 spiro atoms. The lowest BCUT2D eigenvalue weighted by molar-refractivity contribution is -0.123. The van der Waals surface area contributed by atoms with E-state index in [9.17, 15) is 9.59 Å². The molecule has 0 unspecified atom stereocenters. The van der Waals surface area contributed by atoms with E-state index in [1.54, 1.807) is 12.4 Å². The van der Waals surface area contributed by atoms with E-state index in [1.807, 2.05) is 26.0 Å². The summed E-state index contributed by atoms with van der Waals surface area (Å²) in [4.78, 5) is 32.1. The smallest absolute Gasteiger partial charge is 0.234 e. The summed E-state index contributed by atoms with van der Waals surface area (Å²) in [5.74, 6) is -0.00160. The molecular formula is C15H14Br2N4O2. The van der Waals surface area contributed by atoms with Gasteiger partial charge in [0, 0.05) is 21.3 Å². The number of nitrogens with zero attached hydrogens (tertiary/aromatic N) is 2. The highest BCUT2D eigenvalue weighted by atomic mass is 79.9. The molecule has 0 aliphatic carbocycles. The number of hydrogen-bond acceptors (Lipinski definition) is 4. The monoisotopic (exact) mass is 440 g/mol. The fraction of sp³-hybridized carbons (Fsp3) is 0.200. The lowest BCUT2D eigenvalue weighted by Crippen LogP contribution is -2.23. The Labute approximate surface area is 150 Å². The summed E-state index contributed by atoms with van der Waals surface area (Å²) in [7, 11) is 0. The average molecular weight is 442 g/mol. The molecule has 0 fully saturated rings. The molecule has 0 saturated carbocycles. The third kappa shape index (κ3) is 5.11. The van der Waals surface area contributed by atoms with Gasteiger partial charge in [-0.25, -0.2) is 9.97 Å². The van der Waals surface area contributed by atoms with E-state index in [1.165, 1.54) is 0 Å². The van der Waals surface area contributed by atoms with Gasteiger partial charge in [0.2, 0.25) is 11.8 Å². The van der Waals surface area contributed by atoms with Crippen LogP contribution in [0.5, 0.6) is 0 Å². The van der Waals surface area contributed by atoms with Crippen molar-refractivity contribution in [1.29, 1.82) is 0 Å². The van der Waals surface area contributed by atoms with Crippen molar-refractivity contribution in [1.82, 2.24) is 9.97 Å². The summed E-state index contributed by atoms with van der Waals surface area (Å²) >= 11 is 6.60. The number of aromatic nitrogens is 2. The first-order chi connectivity index (χ1) is 10.8. The molecule has 2 amide bonds. The lowest BCUT2D eigenvalue weighted by Gasteiger charge is -2.09. The average Bonchev–Trinajstić information content (AvgIpc) is 2.45. The van der Waals surface area contributed by atoms with Crippen molar-refractivity contribution in [2.75, 3.05) is 10.6 Å². The van der Waals surface area contributed by atoms with Crippen molar-refractivity contribution >= 4 is 55.3 Å². The van der Waals surface area contributed by atoms with Crippen LogP contribution < -0.4 is 10.6 Å². The third-order valence-electron chi connectivity index (χ3n) is 2.93. The highest BCUT2D eigenvalue weighted by Gasteiger charge is 2.13. The van der Waals surface area contributed by atoms with Gasteiger partial charge in [0.25, 0.3) is 0 Å². The molecule has 0 saturated heterocycles. The van der Waals surface area contributed by atoms with Crippen molar-refractivity contribution in [3.05, 3.63) is 44.6 Å². The summed E-state index contributed by atoms with van der Waals surface area (Å²) in [5, 5.41) is 5.24. The molecule has 120 valence electrons. The number of anilines is 2. The Kier molecular flexibility index (Phi) is 5.84. The number of carbonyl (C=O) groups is 2. The number of hydrogen-bond donors (Lipinski definition) is 2. The Morgan fingerprint density at radius 1 is 0.913 bits per heavy atom. The standard InChI is InChI=1S/C15H14Br2N4O2/c1-8-3-10(16)6-18-14(8)20-12(22)5-13(23)21-15-9(2)4-11(17)7-19-15/h3-4,6-7H,5H2,1-2H3,(H,18,20,22)(H,19,21,23). The molecule has 0 aliphatic heterocycles. The Balaban J connectivity index is 1.95. The zero-order chi connectivity index (χ0) is 17.0. The van der Waals surface area contributed by atoms with E-state index in [0.29, 0.717) is 11.6 Å². The topological polar surface area (TPSA) is 84.0 Å². The van der Waals surface area contributed by atoms with Gasteiger partial charge in [0.15, 0.2) is 0 Å². The summed E-state index contributed by atoms with van der Waals surface area (Å²) in [6.07, 6.45) is 2.85. The summed E-state index contributed by atoms with van der Waals surface area (Å²) in [6, 6.07) is 3.66. The van der Waals surface area contributed by atoms with Crippen molar-refractivity contribution in [2.45, 2.75) is 20.3 Å². The Morgan fingerprint density at radius 2 is 1.30 bits per heavy atom. The van der Waals surface area contributed by atoms with Crippen molar-refractivity contribution in [3.8, 4) is 0 Å². The molecule has 0 bridgehead atoms. The van der Waals surface area contributed by atoms with Crippen molar-refractivity contribution in [2.24, 2.45) is 0 Å². The van der Waals surface area contributed by atoms with Gasteiger partial charge in [-0.3, -0.25) is 9.59 Å². The molecule has 2 aromatic rings. The van der Waals surface area contributed by atoms with Crippen molar-refractivity contribution < 1.29 is 9.59 Å². The molecular weight excluding hydrogens is 428 g/mol. The highest BCUT2D eigenvalue weighted by molar-refractivity contribution is 9.10. The minimum atomic E-state index is -0.435. The van der Waals surface area contributed by atoms with E-state index in [4.69, 9.17) is 0 Å². The highest BCUT2D eigenvalue weighted by Crippen LogP contribution is 2.18. The molecule has 2 N–H and O–H groups in total. The fourth-order valence-electron chi connectivity index (χ4n) is 1.84. The van der Waals surface area contributed by atoms with Crippen LogP contribution in [0.1, 0.15) is 17.5 Å². The second-order valence-corrected chi connectivity index (χ2v) is 6.74. The minimum absolute atomic E-state index is 0.311. The predicted molar refractivity (Wildman–Crippen MR) is 95.2 cm³/mol. The van der Waals surface area contributed by atoms with E-state index < -0.39 is 11.8 Å². The normalized spacial score (nSPS) is 10.3. The third-order valence-corrected chi connectivity index (χ3v) is 3.79. The second kappa shape index (κ2) is 7.65. The van der Waals surface area contributed by atoms with Gasteiger partial charge >= 0.3 is 0 Å². The first-order valence-corrected chi connectivity index (χ1v) is 8.27. The zero-order valence-electron chi connectivity index (χ0n) is 12.5. The van der Waals surface area contributed by atoms with Crippen LogP contribution in [0.25, 0.3) is 0 Å². The van der Waals surface area contributed by atoms with Crippen LogP contribution in [0, 0.1) is 13.8 Å². The summed E-state index contributed by atoms with van der Waals surface area (Å²) < 4.78 is 1.64. The van der Waals surface area contributed by atoms with Gasteiger partial charge in [0.05, 0.1) is 0 Å². The van der Waals surface area contributed by atoms with Gasteiger partial charge in [-0.1, -0.05) is 0 Å². The predicted octanol–water partition coefficient (Wildman–Crippen LogP) is 3.59. The molecule has 0 atom stereocenters. The number of nitrogens with one attached hydrogen (secondary N) is 2. The number of carbonyl (C=O) groups excluding carboxylic acids is 2. The zero-order valence-corrected chi connectivity index (χ0v) is 15.7. The Bertz CT molecular complexity index is 702. The number of pyridine rings is 2. The Hall–Kier alpha value is -1.80. The van der Waals surface area contributed by atoms with Gasteiger partial charge < -0.3 is 10.6 Å². The molecule has 23 heavy (non-hydrogen) atoms. The number of amides is 2. The van der Waals surface area contributed by atoms with Gasteiger partial charge in [-0.15, -0.1) is 0 Å². The van der Waals surface area contributed by atoms with Gasteiger partial charge in [-0.05, 0) is 69.0 Å². The molecule has 0 radical (unpaired) electrons. The molecule has 0 aliphatic rings. The second-order valence-electron chi connectivity index (χ2n) is 4.91. The van der Waals surface area contributed by atoms with Crippen LogP contribution in [-0.2, 0) is 9.59 Å². The minimum Gasteiger partial charge on any atom is -0.310 e. The lowest BCUT2D eigenvalue weighted by atomic mass is 10.2. The summed E-state index contributed by atoms with van der Waals surface area (Å²) in [6.45, 7) is 3.64. The van der Waals surface area contributed by atoms with Crippen LogP contribution in [0.15, 0.2) is 33.5 Å². The molecule has 8 heteroatoms. The van der Waals surface area contributed by atoms with Crippen LogP contribution in [0.2, 0.25) is 0 Å². The van der Waals surface area contributed by atoms with Crippen LogP contribution in [0.4, 0.5) is 11.6 Å². The van der Waals surface area contributed by atoms with Crippen molar-refractivity contribution in [3.63, 3.8) is 0 Å². The molecule has 2 aromatic heterocycles. The maximum Gasteiger partial charge on any atom is 0.234 e. The van der Waals surface area contributed by atoms with Gasteiger partial charge in [-0.2, -0.15) is 0 Å². The van der Waals surface area contributed by atoms with E-state index in [-0.39, 0.29) is 6.42 Å². The van der Waals surface area contributed by atoms with E-state index in [2.05, 4.69) is 52.5 Å². The number of halogens is 2. The largest absolute Gasteiger partial charge is 0.310 e. The van der Waals surface area contributed by atoms with Crippen LogP contribution in [0.3, 0.4) is 0 Å². The Morgan fingerprint density at radius 3 is 1.65 bits per heavy atom. The first kappa shape index (κ1) is 17.6. The molecule has 6 nitrogen and oxygen atoms in total. The number of aryl methyl sites for hydroxylation is 2. The maximum atomic E-state index is 11.9. The number of rotatable bonds is 4.